The molecular formula is C56H38F3N3. The molecule has 0 bridgehead atoms. The highest BCUT2D eigenvalue weighted by Crippen LogP contribution is 2.45. The van der Waals surface area contributed by atoms with Gasteiger partial charge in [-0.1, -0.05) is 145 Å². The van der Waals surface area contributed by atoms with Gasteiger partial charge in [-0.2, -0.15) is 13.2 Å². The quantitative estimate of drug-likeness (QED) is 0.164. The third-order valence-electron chi connectivity index (χ3n) is 12.0. The Balaban J connectivity index is 1.25. The van der Waals surface area contributed by atoms with E-state index in [0.717, 1.165) is 82.6 Å². The van der Waals surface area contributed by atoms with Gasteiger partial charge >= 0.3 is 6.18 Å². The van der Waals surface area contributed by atoms with E-state index in [-0.39, 0.29) is 11.3 Å². The summed E-state index contributed by atoms with van der Waals surface area (Å²) in [4.78, 5) is 4.91. The molecule has 0 amide bonds. The highest BCUT2D eigenvalue weighted by atomic mass is 19.4. The number of rotatable bonds is 6. The maximum absolute atomic E-state index is 15.9. The number of fused-ring (bicyclic) bond motifs is 6. The molecule has 3 heterocycles. The lowest BCUT2D eigenvalue weighted by atomic mass is 9.99. The number of alkyl halides is 3. The number of hydrogen-bond donors (Lipinski definition) is 0. The highest BCUT2D eigenvalue weighted by molar-refractivity contribution is 6.13. The van der Waals surface area contributed by atoms with Crippen molar-refractivity contribution in [2.45, 2.75) is 20.0 Å². The molecular weight excluding hydrogens is 772 g/mol. The summed E-state index contributed by atoms with van der Waals surface area (Å²) in [6, 6.07) is 63.5. The molecule has 0 radical (unpaired) electrons. The van der Waals surface area contributed by atoms with Crippen molar-refractivity contribution in [2.24, 2.45) is 0 Å². The van der Waals surface area contributed by atoms with E-state index in [1.165, 1.54) is 6.07 Å². The Morgan fingerprint density at radius 3 is 1.37 bits per heavy atom. The van der Waals surface area contributed by atoms with Crippen LogP contribution >= 0.6 is 0 Å². The van der Waals surface area contributed by atoms with Crippen LogP contribution in [0.3, 0.4) is 0 Å². The number of pyridine rings is 1. The maximum Gasteiger partial charge on any atom is 0.417 e. The molecule has 0 atom stereocenters. The number of aromatic nitrogens is 3. The first-order valence-corrected chi connectivity index (χ1v) is 20.7. The van der Waals surface area contributed by atoms with E-state index in [2.05, 4.69) is 109 Å². The summed E-state index contributed by atoms with van der Waals surface area (Å²) in [5.74, 6) is 0. The molecule has 0 aliphatic heterocycles. The molecule has 11 rings (SSSR count). The van der Waals surface area contributed by atoms with Crippen molar-refractivity contribution in [2.75, 3.05) is 0 Å². The van der Waals surface area contributed by atoms with Gasteiger partial charge in [-0.3, -0.25) is 0 Å². The summed E-state index contributed by atoms with van der Waals surface area (Å²) in [6.45, 7) is 4.16. The zero-order valence-electron chi connectivity index (χ0n) is 34.0. The molecule has 0 unspecified atom stereocenters. The summed E-state index contributed by atoms with van der Waals surface area (Å²) in [5, 5.41) is 3.90. The third kappa shape index (κ3) is 6.26. The van der Waals surface area contributed by atoms with E-state index in [1.807, 2.05) is 83.4 Å². The summed E-state index contributed by atoms with van der Waals surface area (Å²) >= 11 is 0. The Morgan fingerprint density at radius 1 is 0.371 bits per heavy atom. The molecule has 0 spiro atoms. The Labute approximate surface area is 356 Å². The monoisotopic (exact) mass is 809 g/mol. The average molecular weight is 810 g/mol. The molecule has 0 N–H and O–H groups in total. The first-order valence-electron chi connectivity index (χ1n) is 20.7. The van der Waals surface area contributed by atoms with Crippen molar-refractivity contribution in [3.8, 4) is 56.1 Å². The topological polar surface area (TPSA) is 22.8 Å². The van der Waals surface area contributed by atoms with Gasteiger partial charge in [-0.05, 0) is 96.8 Å². The van der Waals surface area contributed by atoms with Gasteiger partial charge in [-0.15, -0.1) is 0 Å². The Bertz CT molecular complexity index is 3540. The van der Waals surface area contributed by atoms with Crippen molar-refractivity contribution in [1.29, 1.82) is 0 Å². The fraction of sp³-hybridized carbons (Fsp3) is 0.0536. The van der Waals surface area contributed by atoms with Crippen LogP contribution in [-0.2, 0) is 6.18 Å². The smallest absolute Gasteiger partial charge is 0.307 e. The molecule has 298 valence electrons. The Hall–Kier alpha value is -7.70. The standard InChI is InChI=1S/C56H38F3N3/c1-35-13-10-17-38(29-35)40-25-27-52-44(31-40)42-19-6-8-23-50(42)61(52)54-33-46(49-22-12-21-48(60-49)37-15-4-3-5-16-37)47(56(57,58)59)34-55(54)62-51-24-9-7-20-43(51)45-32-41(26-28-53(45)62)39-18-11-14-36(2)30-39/h3-34H,1-2H3. The first kappa shape index (κ1) is 37.3. The van der Waals surface area contributed by atoms with Crippen molar-refractivity contribution in [3.63, 3.8) is 0 Å². The lowest BCUT2D eigenvalue weighted by Crippen LogP contribution is -2.12. The van der Waals surface area contributed by atoms with Crippen LogP contribution in [0, 0.1) is 13.8 Å². The van der Waals surface area contributed by atoms with E-state index in [1.54, 1.807) is 18.2 Å². The van der Waals surface area contributed by atoms with Crippen LogP contribution < -0.4 is 0 Å². The number of hydrogen-bond acceptors (Lipinski definition) is 1. The molecule has 11 aromatic rings. The molecule has 3 aromatic heterocycles. The predicted molar refractivity (Wildman–Crippen MR) is 249 cm³/mol. The fourth-order valence-corrected chi connectivity index (χ4v) is 9.21. The van der Waals surface area contributed by atoms with Gasteiger partial charge in [0.15, 0.2) is 0 Å². The zero-order valence-corrected chi connectivity index (χ0v) is 34.0. The third-order valence-corrected chi connectivity index (χ3v) is 12.0. The van der Waals surface area contributed by atoms with Gasteiger partial charge < -0.3 is 9.13 Å². The zero-order chi connectivity index (χ0) is 42.1. The molecule has 0 saturated carbocycles. The average Bonchev–Trinajstić information content (AvgIpc) is 3.80. The number of benzene rings is 8. The molecule has 0 aliphatic rings. The van der Waals surface area contributed by atoms with Gasteiger partial charge in [0.25, 0.3) is 0 Å². The molecule has 8 aromatic carbocycles. The molecule has 0 saturated heterocycles. The van der Waals surface area contributed by atoms with Crippen LogP contribution in [0.2, 0.25) is 0 Å². The van der Waals surface area contributed by atoms with Gasteiger partial charge in [0.05, 0.1) is 50.4 Å². The van der Waals surface area contributed by atoms with Crippen LogP contribution in [-0.4, -0.2) is 14.1 Å². The predicted octanol–water partition coefficient (Wildman–Crippen LogP) is 15.6. The van der Waals surface area contributed by atoms with E-state index in [4.69, 9.17) is 4.98 Å². The first-order chi connectivity index (χ1) is 30.2. The number of halogens is 3. The Morgan fingerprint density at radius 2 is 0.823 bits per heavy atom. The molecule has 0 fully saturated rings. The van der Waals surface area contributed by atoms with E-state index in [0.29, 0.717) is 17.1 Å². The van der Waals surface area contributed by atoms with Crippen molar-refractivity contribution in [3.05, 3.63) is 211 Å². The second-order valence-corrected chi connectivity index (χ2v) is 16.1. The van der Waals surface area contributed by atoms with E-state index < -0.39 is 11.7 Å². The second-order valence-electron chi connectivity index (χ2n) is 16.1. The normalized spacial score (nSPS) is 12.0. The summed E-state index contributed by atoms with van der Waals surface area (Å²) < 4.78 is 51.7. The lowest BCUT2D eigenvalue weighted by molar-refractivity contribution is -0.137. The molecule has 6 heteroatoms. The van der Waals surface area contributed by atoms with Crippen LogP contribution in [0.25, 0.3) is 99.8 Å². The minimum absolute atomic E-state index is 0.00107. The van der Waals surface area contributed by atoms with Crippen LogP contribution in [0.15, 0.2) is 194 Å². The van der Waals surface area contributed by atoms with Crippen LogP contribution in [0.4, 0.5) is 13.2 Å². The van der Waals surface area contributed by atoms with E-state index in [9.17, 15) is 0 Å². The minimum Gasteiger partial charge on any atom is -0.307 e. The van der Waals surface area contributed by atoms with E-state index >= 15 is 13.2 Å². The van der Waals surface area contributed by atoms with Gasteiger partial charge in [-0.25, -0.2) is 4.98 Å². The van der Waals surface area contributed by atoms with Crippen molar-refractivity contribution in [1.82, 2.24) is 14.1 Å². The summed E-state index contributed by atoms with van der Waals surface area (Å²) in [5.41, 5.74) is 11.8. The van der Waals surface area contributed by atoms with Crippen LogP contribution in [0.5, 0.6) is 0 Å². The van der Waals surface area contributed by atoms with Crippen LogP contribution in [0.1, 0.15) is 16.7 Å². The highest BCUT2D eigenvalue weighted by Gasteiger charge is 2.36. The van der Waals surface area contributed by atoms with Crippen molar-refractivity contribution < 1.29 is 13.2 Å². The summed E-state index contributed by atoms with van der Waals surface area (Å²) in [6.07, 6.45) is -4.71. The molecule has 0 aliphatic carbocycles. The van der Waals surface area contributed by atoms with Crippen molar-refractivity contribution >= 4 is 43.6 Å². The summed E-state index contributed by atoms with van der Waals surface area (Å²) in [7, 11) is 0. The van der Waals surface area contributed by atoms with Gasteiger partial charge in [0, 0.05) is 32.7 Å². The fourth-order valence-electron chi connectivity index (χ4n) is 9.21. The molecule has 3 nitrogen and oxygen atoms in total. The SMILES string of the molecule is Cc1cccc(-c2ccc3c(c2)c2ccccc2n3-c2cc(-c3cccc(-c4ccccc4)n3)c(C(F)(F)F)cc2-n2c3ccccc3c3cc(-c4cccc(C)c4)ccc32)c1. The second kappa shape index (κ2) is 14.5. The lowest BCUT2D eigenvalue weighted by Gasteiger charge is -2.22. The number of aryl methyl sites for hydroxylation is 2. The van der Waals surface area contributed by atoms with Gasteiger partial charge in [0.1, 0.15) is 0 Å². The number of nitrogens with zero attached hydrogens (tertiary/aromatic N) is 3. The largest absolute Gasteiger partial charge is 0.417 e. The maximum atomic E-state index is 15.9. The Kier molecular flexibility index (Phi) is 8.72. The minimum atomic E-state index is -4.71. The number of para-hydroxylation sites is 2. The van der Waals surface area contributed by atoms with Gasteiger partial charge in [0.2, 0.25) is 0 Å². The molecule has 62 heavy (non-hydrogen) atoms.